The number of benzene rings is 1. The number of halogens is 3. The van der Waals surface area contributed by atoms with Crippen molar-refractivity contribution in [3.05, 3.63) is 59.5 Å². The van der Waals surface area contributed by atoms with Crippen LogP contribution < -0.4 is 4.74 Å². The van der Waals surface area contributed by atoms with Gasteiger partial charge in [0.05, 0.1) is 24.9 Å². The molecule has 0 spiro atoms. The molecule has 0 bridgehead atoms. The van der Waals surface area contributed by atoms with Gasteiger partial charge in [-0.05, 0) is 54.4 Å². The van der Waals surface area contributed by atoms with Crippen molar-refractivity contribution in [1.82, 2.24) is 19.5 Å². The summed E-state index contributed by atoms with van der Waals surface area (Å²) in [6, 6.07) is 9.04. The number of hydrogen-bond acceptors (Lipinski definition) is 4. The van der Waals surface area contributed by atoms with Gasteiger partial charge in [-0.3, -0.25) is 9.20 Å². The van der Waals surface area contributed by atoms with Crippen LogP contribution in [-0.2, 0) is 11.0 Å². The topological polar surface area (TPSA) is 59.7 Å². The average molecular weight is 430 g/mol. The first-order chi connectivity index (χ1) is 14.9. The normalized spacial score (nSPS) is 25.7. The molecule has 31 heavy (non-hydrogen) atoms. The zero-order chi connectivity index (χ0) is 21.8. The van der Waals surface area contributed by atoms with E-state index in [2.05, 4.69) is 10.2 Å². The summed E-state index contributed by atoms with van der Waals surface area (Å²) in [5.74, 6) is 1.15. The number of carbonyl (C=O) groups excluding carboxylic acids is 1. The monoisotopic (exact) mass is 430 g/mol. The lowest BCUT2D eigenvalue weighted by molar-refractivity contribution is -0.138. The minimum atomic E-state index is -4.39. The number of aromatic nitrogens is 3. The smallest absolute Gasteiger partial charge is 0.416 e. The van der Waals surface area contributed by atoms with Gasteiger partial charge in [0, 0.05) is 6.54 Å². The van der Waals surface area contributed by atoms with E-state index in [0.717, 1.165) is 12.5 Å². The van der Waals surface area contributed by atoms with Crippen LogP contribution in [0.1, 0.15) is 41.8 Å². The van der Waals surface area contributed by atoms with E-state index in [1.54, 1.807) is 46.9 Å². The molecule has 162 valence electrons. The molecule has 1 unspecified atom stereocenters. The van der Waals surface area contributed by atoms with E-state index in [4.69, 9.17) is 4.74 Å². The summed E-state index contributed by atoms with van der Waals surface area (Å²) in [5.41, 5.74) is 0.400. The summed E-state index contributed by atoms with van der Waals surface area (Å²) in [6.45, 7) is 0.502. The molecule has 2 aliphatic rings. The minimum Gasteiger partial charge on any atom is -0.495 e. The molecule has 0 N–H and O–H groups in total. The fraction of sp³-hybridized carbons (Fsp3) is 0.409. The first kappa shape index (κ1) is 19.8. The molecule has 1 aliphatic heterocycles. The third-order valence-electron chi connectivity index (χ3n) is 6.70. The van der Waals surface area contributed by atoms with Gasteiger partial charge in [0.25, 0.3) is 0 Å². The van der Waals surface area contributed by atoms with E-state index >= 15 is 0 Å². The molecule has 5 rings (SSSR count). The van der Waals surface area contributed by atoms with Crippen molar-refractivity contribution in [3.63, 3.8) is 0 Å². The summed E-state index contributed by atoms with van der Waals surface area (Å²) < 4.78 is 47.8. The Labute approximate surface area is 176 Å². The Balaban J connectivity index is 1.51. The number of fused-ring (bicyclic) bond motifs is 2. The molecular formula is C22H21F3N4O2. The van der Waals surface area contributed by atoms with Crippen LogP contribution in [0.4, 0.5) is 13.2 Å². The molecule has 6 nitrogen and oxygen atoms in total. The van der Waals surface area contributed by atoms with Crippen molar-refractivity contribution < 1.29 is 22.7 Å². The minimum absolute atomic E-state index is 0.00934. The Hall–Kier alpha value is -3.10. The van der Waals surface area contributed by atoms with Crippen LogP contribution in [0.15, 0.2) is 42.6 Å². The van der Waals surface area contributed by atoms with E-state index in [1.165, 1.54) is 6.07 Å². The Morgan fingerprint density at radius 3 is 2.68 bits per heavy atom. The van der Waals surface area contributed by atoms with E-state index in [-0.39, 0.29) is 23.8 Å². The number of nitrogens with zero attached hydrogens (tertiary/aromatic N) is 4. The number of rotatable bonds is 4. The van der Waals surface area contributed by atoms with Gasteiger partial charge in [0.15, 0.2) is 11.5 Å². The summed E-state index contributed by atoms with van der Waals surface area (Å²) in [6.07, 6.45) is -0.637. The predicted molar refractivity (Wildman–Crippen MR) is 105 cm³/mol. The van der Waals surface area contributed by atoms with E-state index in [9.17, 15) is 18.0 Å². The number of pyridine rings is 1. The highest BCUT2D eigenvalue weighted by Gasteiger charge is 2.50. The second-order valence-electron chi connectivity index (χ2n) is 8.28. The van der Waals surface area contributed by atoms with Crippen molar-refractivity contribution >= 4 is 12.1 Å². The second-order valence-corrected chi connectivity index (χ2v) is 8.28. The number of methoxy groups -OCH3 is 1. The predicted octanol–water partition coefficient (Wildman–Crippen LogP) is 4.08. The van der Waals surface area contributed by atoms with Crippen molar-refractivity contribution in [3.8, 4) is 5.75 Å². The largest absolute Gasteiger partial charge is 0.495 e. The number of amides is 1. The third-order valence-corrected chi connectivity index (χ3v) is 6.70. The van der Waals surface area contributed by atoms with Gasteiger partial charge in [0.1, 0.15) is 5.75 Å². The molecule has 3 heterocycles. The lowest BCUT2D eigenvalue weighted by Crippen LogP contribution is -2.27. The molecule has 1 saturated carbocycles. The van der Waals surface area contributed by atoms with Crippen LogP contribution >= 0.6 is 0 Å². The van der Waals surface area contributed by atoms with Gasteiger partial charge in [-0.15, -0.1) is 10.2 Å². The summed E-state index contributed by atoms with van der Waals surface area (Å²) in [7, 11) is 1.56. The number of ether oxygens (including phenoxy) is 1. The summed E-state index contributed by atoms with van der Waals surface area (Å²) >= 11 is 0. The van der Waals surface area contributed by atoms with Crippen molar-refractivity contribution in [1.29, 1.82) is 0 Å². The zero-order valence-corrected chi connectivity index (χ0v) is 16.8. The summed E-state index contributed by atoms with van der Waals surface area (Å²) in [4.78, 5) is 13.5. The molecule has 1 aliphatic carbocycles. The Kier molecular flexibility index (Phi) is 4.64. The fourth-order valence-corrected chi connectivity index (χ4v) is 5.41. The van der Waals surface area contributed by atoms with Gasteiger partial charge in [-0.1, -0.05) is 18.2 Å². The first-order valence-corrected chi connectivity index (χ1v) is 10.2. The highest BCUT2D eigenvalue weighted by atomic mass is 19.4. The standard InChI is InChI=1S/C22H21F3N4O2/c1-31-15-6-7-19-26-27-21(29(19)11-15)20-17-9-13(8-14(17)10-28(20)12-30)16-4-2-3-5-18(16)22(23,24)25/h2-7,11-14,17,20H,8-10H2,1H3/t13-,14+,17+,20?/m1/s1. The molecule has 1 amide bonds. The third kappa shape index (κ3) is 3.23. The van der Waals surface area contributed by atoms with Gasteiger partial charge in [-0.2, -0.15) is 13.2 Å². The highest BCUT2D eigenvalue weighted by Crippen LogP contribution is 2.54. The van der Waals surface area contributed by atoms with Gasteiger partial charge in [0.2, 0.25) is 6.41 Å². The molecular weight excluding hydrogens is 409 g/mol. The quantitative estimate of drug-likeness (QED) is 0.586. The Morgan fingerprint density at radius 2 is 1.94 bits per heavy atom. The van der Waals surface area contributed by atoms with Crippen molar-refractivity contribution in [2.75, 3.05) is 13.7 Å². The van der Waals surface area contributed by atoms with Gasteiger partial charge >= 0.3 is 6.18 Å². The van der Waals surface area contributed by atoms with Crippen LogP contribution in [0.2, 0.25) is 0 Å². The fourth-order valence-electron chi connectivity index (χ4n) is 5.41. The second kappa shape index (κ2) is 7.25. The Morgan fingerprint density at radius 1 is 1.13 bits per heavy atom. The van der Waals surface area contributed by atoms with E-state index in [1.807, 2.05) is 0 Å². The molecule has 3 aromatic rings. The maximum absolute atomic E-state index is 13.6. The first-order valence-electron chi connectivity index (χ1n) is 10.2. The van der Waals surface area contributed by atoms with Crippen molar-refractivity contribution in [2.45, 2.75) is 31.0 Å². The molecule has 2 fully saturated rings. The molecule has 1 saturated heterocycles. The van der Waals surface area contributed by atoms with Crippen LogP contribution in [0.25, 0.3) is 5.65 Å². The van der Waals surface area contributed by atoms with Crippen LogP contribution in [0, 0.1) is 11.8 Å². The number of hydrogen-bond donors (Lipinski definition) is 0. The van der Waals surface area contributed by atoms with Gasteiger partial charge in [-0.25, -0.2) is 0 Å². The highest BCUT2D eigenvalue weighted by molar-refractivity contribution is 5.51. The van der Waals surface area contributed by atoms with E-state index in [0.29, 0.717) is 42.2 Å². The SMILES string of the molecule is COc1ccc2nnc(C3[C@H]4C[C@H](c5ccccc5C(F)(F)F)C[C@H]4CN3C=O)n2c1. The maximum Gasteiger partial charge on any atom is 0.416 e. The maximum atomic E-state index is 13.6. The molecule has 9 heteroatoms. The van der Waals surface area contributed by atoms with E-state index < -0.39 is 11.7 Å². The molecule has 0 radical (unpaired) electrons. The lowest BCUT2D eigenvalue weighted by atomic mass is 9.90. The Bertz CT molecular complexity index is 1130. The van der Waals surface area contributed by atoms with Crippen LogP contribution in [0.3, 0.4) is 0 Å². The number of alkyl halides is 3. The number of carbonyl (C=O) groups is 1. The van der Waals surface area contributed by atoms with Gasteiger partial charge < -0.3 is 9.64 Å². The number of likely N-dealkylation sites (tertiary alicyclic amines) is 1. The zero-order valence-electron chi connectivity index (χ0n) is 16.8. The molecule has 2 aromatic heterocycles. The molecule has 4 atom stereocenters. The lowest BCUT2D eigenvalue weighted by Gasteiger charge is -2.25. The average Bonchev–Trinajstić information content (AvgIpc) is 3.44. The van der Waals surface area contributed by atoms with Crippen molar-refractivity contribution in [2.24, 2.45) is 11.8 Å². The molecule has 1 aromatic carbocycles. The summed E-state index contributed by atoms with van der Waals surface area (Å²) in [5, 5.41) is 8.55. The van der Waals surface area contributed by atoms with Crippen LogP contribution in [-0.4, -0.2) is 39.6 Å². The van der Waals surface area contributed by atoms with Crippen LogP contribution in [0.5, 0.6) is 5.75 Å².